The molecule has 102 valence electrons. The molecule has 1 atom stereocenters. The fraction of sp³-hybridized carbons (Fsp3) is 0.438. The van der Waals surface area contributed by atoms with Gasteiger partial charge in [-0.05, 0) is 31.0 Å². The average Bonchev–Trinajstić information content (AvgIpc) is 2.80. The molecule has 0 spiro atoms. The first kappa shape index (κ1) is 13.7. The van der Waals surface area contributed by atoms with E-state index in [0.717, 1.165) is 22.2 Å². The van der Waals surface area contributed by atoms with E-state index in [2.05, 4.69) is 18.8 Å². The molecule has 1 N–H and O–H groups in total. The van der Waals surface area contributed by atoms with E-state index in [0.29, 0.717) is 12.5 Å². The molecule has 2 aromatic rings. The van der Waals surface area contributed by atoms with E-state index in [1.54, 1.807) is 0 Å². The highest BCUT2D eigenvalue weighted by Gasteiger charge is 2.21. The molecule has 0 bridgehead atoms. The summed E-state index contributed by atoms with van der Waals surface area (Å²) in [5, 5.41) is 0.948. The van der Waals surface area contributed by atoms with E-state index < -0.39 is 0 Å². The van der Waals surface area contributed by atoms with Crippen molar-refractivity contribution in [3.63, 3.8) is 0 Å². The normalized spacial score (nSPS) is 12.9. The van der Waals surface area contributed by atoms with Crippen LogP contribution < -0.4 is 4.74 Å². The smallest absolute Gasteiger partial charge is 0.168 e. The minimum absolute atomic E-state index is 0.0229. The fourth-order valence-corrected chi connectivity index (χ4v) is 2.11. The number of H-pyrrole nitrogens is 1. The van der Waals surface area contributed by atoms with Gasteiger partial charge >= 0.3 is 0 Å². The maximum atomic E-state index is 12.5. The second-order valence-corrected chi connectivity index (χ2v) is 5.24. The van der Waals surface area contributed by atoms with Gasteiger partial charge < -0.3 is 9.72 Å². The largest absolute Gasteiger partial charge is 0.494 e. The summed E-state index contributed by atoms with van der Waals surface area (Å²) in [6, 6.07) is 5.81. The summed E-state index contributed by atoms with van der Waals surface area (Å²) in [6.45, 7) is 8.71. The van der Waals surface area contributed by atoms with Crippen LogP contribution in [-0.4, -0.2) is 17.4 Å². The van der Waals surface area contributed by atoms with Crippen LogP contribution in [0.1, 0.15) is 38.1 Å². The van der Waals surface area contributed by atoms with Crippen molar-refractivity contribution in [2.24, 2.45) is 11.8 Å². The van der Waals surface area contributed by atoms with Gasteiger partial charge in [0.15, 0.2) is 5.78 Å². The van der Waals surface area contributed by atoms with Gasteiger partial charge in [-0.3, -0.25) is 4.79 Å². The molecule has 1 unspecified atom stereocenters. The molecular weight excluding hydrogens is 238 g/mol. The first-order valence-corrected chi connectivity index (χ1v) is 6.82. The fourth-order valence-electron chi connectivity index (χ4n) is 2.11. The van der Waals surface area contributed by atoms with E-state index >= 15 is 0 Å². The molecule has 19 heavy (non-hydrogen) atoms. The molecule has 0 aliphatic rings. The molecular formula is C16H21NO2. The van der Waals surface area contributed by atoms with Crippen molar-refractivity contribution in [1.82, 2.24) is 4.98 Å². The van der Waals surface area contributed by atoms with Crippen molar-refractivity contribution in [3.05, 3.63) is 30.0 Å². The third-order valence-electron chi connectivity index (χ3n) is 3.64. The quantitative estimate of drug-likeness (QED) is 0.823. The van der Waals surface area contributed by atoms with E-state index in [4.69, 9.17) is 4.74 Å². The number of ketones is 1. The molecule has 1 aromatic heterocycles. The Morgan fingerprint density at radius 2 is 2.05 bits per heavy atom. The zero-order chi connectivity index (χ0) is 14.0. The van der Waals surface area contributed by atoms with Gasteiger partial charge in [-0.15, -0.1) is 0 Å². The summed E-state index contributed by atoms with van der Waals surface area (Å²) in [5.41, 5.74) is 1.74. The third-order valence-corrected chi connectivity index (χ3v) is 3.64. The molecule has 3 nitrogen and oxygen atoms in total. The van der Waals surface area contributed by atoms with Gasteiger partial charge in [0, 0.05) is 28.6 Å². The number of aromatic nitrogens is 1. The maximum absolute atomic E-state index is 12.5. The standard InChI is InChI=1S/C16H21NO2/c1-5-19-12-6-7-15-13(8-12)14(9-17-15)16(18)11(4)10(2)3/h6-11,17H,5H2,1-4H3. The molecule has 0 saturated carbocycles. The SMILES string of the molecule is CCOc1ccc2[nH]cc(C(=O)C(C)C(C)C)c2c1. The Bertz CT molecular complexity index is 583. The Morgan fingerprint density at radius 3 is 2.68 bits per heavy atom. The minimum Gasteiger partial charge on any atom is -0.494 e. The predicted octanol–water partition coefficient (Wildman–Crippen LogP) is 4.04. The number of Topliss-reactive ketones (excluding diaryl/α,β-unsaturated/α-hetero) is 1. The number of hydrogen-bond donors (Lipinski definition) is 1. The molecule has 3 heteroatoms. The van der Waals surface area contributed by atoms with Gasteiger partial charge in [-0.2, -0.15) is 0 Å². The number of ether oxygens (including phenoxy) is 1. The zero-order valence-corrected chi connectivity index (χ0v) is 12.0. The maximum Gasteiger partial charge on any atom is 0.168 e. The number of carbonyl (C=O) groups excluding carboxylic acids is 1. The van der Waals surface area contributed by atoms with Crippen LogP contribution in [0.2, 0.25) is 0 Å². The first-order chi connectivity index (χ1) is 9.04. The van der Waals surface area contributed by atoms with E-state index in [1.807, 2.05) is 38.2 Å². The van der Waals surface area contributed by atoms with Gasteiger partial charge in [0.1, 0.15) is 5.75 Å². The lowest BCUT2D eigenvalue weighted by atomic mass is 9.89. The van der Waals surface area contributed by atoms with E-state index in [-0.39, 0.29) is 11.7 Å². The summed E-state index contributed by atoms with van der Waals surface area (Å²) >= 11 is 0. The van der Waals surface area contributed by atoms with Crippen LogP contribution in [0.4, 0.5) is 0 Å². The summed E-state index contributed by atoms with van der Waals surface area (Å²) in [5.74, 6) is 1.36. The lowest BCUT2D eigenvalue weighted by Crippen LogP contribution is -2.16. The second-order valence-electron chi connectivity index (χ2n) is 5.24. The summed E-state index contributed by atoms with van der Waals surface area (Å²) in [7, 11) is 0. The van der Waals surface area contributed by atoms with Gasteiger partial charge in [-0.1, -0.05) is 20.8 Å². The van der Waals surface area contributed by atoms with Crippen LogP contribution in [0.15, 0.2) is 24.4 Å². The molecule has 0 radical (unpaired) electrons. The third kappa shape index (κ3) is 2.65. The van der Waals surface area contributed by atoms with Crippen molar-refractivity contribution in [2.75, 3.05) is 6.61 Å². The molecule has 0 saturated heterocycles. The summed E-state index contributed by atoms with van der Waals surface area (Å²) in [4.78, 5) is 15.6. The van der Waals surface area contributed by atoms with Crippen LogP contribution >= 0.6 is 0 Å². The number of rotatable bonds is 5. The number of carbonyl (C=O) groups is 1. The van der Waals surface area contributed by atoms with E-state index in [1.165, 1.54) is 0 Å². The number of aromatic amines is 1. The van der Waals surface area contributed by atoms with Gasteiger partial charge in [0.05, 0.1) is 6.61 Å². The van der Waals surface area contributed by atoms with Crippen molar-refractivity contribution >= 4 is 16.7 Å². The first-order valence-electron chi connectivity index (χ1n) is 6.82. The second kappa shape index (κ2) is 5.47. The average molecular weight is 259 g/mol. The predicted molar refractivity (Wildman–Crippen MR) is 77.8 cm³/mol. The van der Waals surface area contributed by atoms with Crippen LogP contribution in [0, 0.1) is 11.8 Å². The van der Waals surface area contributed by atoms with Crippen LogP contribution in [-0.2, 0) is 0 Å². The summed E-state index contributed by atoms with van der Waals surface area (Å²) in [6.07, 6.45) is 1.81. The van der Waals surface area contributed by atoms with Gasteiger partial charge in [0.2, 0.25) is 0 Å². The Labute approximate surface area is 114 Å². The van der Waals surface area contributed by atoms with Crippen molar-refractivity contribution in [1.29, 1.82) is 0 Å². The molecule has 1 heterocycles. The Kier molecular flexibility index (Phi) is 3.93. The number of fused-ring (bicyclic) bond motifs is 1. The molecule has 0 aliphatic carbocycles. The molecule has 0 amide bonds. The van der Waals surface area contributed by atoms with E-state index in [9.17, 15) is 4.79 Å². The van der Waals surface area contributed by atoms with Crippen molar-refractivity contribution in [3.8, 4) is 5.75 Å². The van der Waals surface area contributed by atoms with Crippen LogP contribution in [0.5, 0.6) is 5.75 Å². The highest BCUT2D eigenvalue weighted by atomic mass is 16.5. The Hall–Kier alpha value is -1.77. The zero-order valence-electron chi connectivity index (χ0n) is 12.0. The molecule has 0 fully saturated rings. The lowest BCUT2D eigenvalue weighted by Gasteiger charge is -2.13. The number of benzene rings is 1. The minimum atomic E-state index is 0.0229. The van der Waals surface area contributed by atoms with Gasteiger partial charge in [0.25, 0.3) is 0 Å². The van der Waals surface area contributed by atoms with Crippen molar-refractivity contribution < 1.29 is 9.53 Å². The molecule has 2 rings (SSSR count). The number of hydrogen-bond acceptors (Lipinski definition) is 2. The Balaban J connectivity index is 2.43. The molecule has 1 aromatic carbocycles. The van der Waals surface area contributed by atoms with Crippen LogP contribution in [0.25, 0.3) is 10.9 Å². The lowest BCUT2D eigenvalue weighted by molar-refractivity contribution is 0.0901. The van der Waals surface area contributed by atoms with Gasteiger partial charge in [-0.25, -0.2) is 0 Å². The monoisotopic (exact) mass is 259 g/mol. The van der Waals surface area contributed by atoms with Crippen molar-refractivity contribution in [2.45, 2.75) is 27.7 Å². The highest BCUT2D eigenvalue weighted by Crippen LogP contribution is 2.27. The topological polar surface area (TPSA) is 42.1 Å². The van der Waals surface area contributed by atoms with Crippen LogP contribution in [0.3, 0.4) is 0 Å². The summed E-state index contributed by atoms with van der Waals surface area (Å²) < 4.78 is 5.50. The Morgan fingerprint density at radius 1 is 1.32 bits per heavy atom. The highest BCUT2D eigenvalue weighted by molar-refractivity contribution is 6.09. The molecule has 0 aliphatic heterocycles. The number of nitrogens with one attached hydrogen (secondary N) is 1.